The number of piperazine rings is 1. The van der Waals surface area contributed by atoms with E-state index in [1.807, 2.05) is 24.3 Å². The molecule has 0 aromatic heterocycles. The highest BCUT2D eigenvalue weighted by Gasteiger charge is 2.42. The first kappa shape index (κ1) is 22.7. The van der Waals surface area contributed by atoms with Crippen LogP contribution in [0.1, 0.15) is 16.7 Å². The van der Waals surface area contributed by atoms with E-state index in [-0.39, 0.29) is 18.4 Å². The van der Waals surface area contributed by atoms with E-state index in [2.05, 4.69) is 21.7 Å². The molecule has 1 fully saturated rings. The van der Waals surface area contributed by atoms with Crippen LogP contribution >= 0.6 is 11.6 Å². The van der Waals surface area contributed by atoms with Crippen molar-refractivity contribution in [1.82, 2.24) is 10.2 Å². The molecule has 1 saturated heterocycles. The van der Waals surface area contributed by atoms with Gasteiger partial charge in [-0.3, -0.25) is 9.69 Å². The smallest absolute Gasteiger partial charge is 0.365 e. The Morgan fingerprint density at radius 3 is 2.62 bits per heavy atom. The highest BCUT2D eigenvalue weighted by atomic mass is 35.5. The van der Waals surface area contributed by atoms with Gasteiger partial charge in [-0.25, -0.2) is 0 Å². The molecule has 0 spiro atoms. The molecule has 0 aliphatic carbocycles. The minimum Gasteiger partial charge on any atom is -0.365 e. The molecule has 2 aliphatic rings. The number of fused-ring (bicyclic) bond motifs is 3. The summed E-state index contributed by atoms with van der Waals surface area (Å²) in [5, 5.41) is 3.52. The Hall–Kier alpha value is -2.51. The van der Waals surface area contributed by atoms with Gasteiger partial charge in [-0.2, -0.15) is 13.2 Å². The van der Waals surface area contributed by atoms with Gasteiger partial charge in [0.25, 0.3) is 0 Å². The normalized spacial score (nSPS) is 20.9. The summed E-state index contributed by atoms with van der Waals surface area (Å²) in [7, 11) is 0. The SMILES string of the molecule is C=CCNC(=O)[C@@H]1Cc2cc(C(F)(F)F)ccc2N2CCN(Cc3ccc(Cl)cc3)C[C@H]12. The van der Waals surface area contributed by atoms with E-state index in [0.717, 1.165) is 30.4 Å². The average Bonchev–Trinajstić information content (AvgIpc) is 2.77. The van der Waals surface area contributed by atoms with Crippen molar-refractivity contribution in [3.8, 4) is 0 Å². The average molecular weight is 464 g/mol. The van der Waals surface area contributed by atoms with E-state index in [4.69, 9.17) is 11.6 Å². The predicted molar refractivity (Wildman–Crippen MR) is 120 cm³/mol. The third kappa shape index (κ3) is 4.79. The standard InChI is InChI=1S/C24H25ClF3N3O/c1-2-9-29-23(32)20-13-17-12-18(24(26,27)28)5-8-21(17)31-11-10-30(15-22(20)31)14-16-3-6-19(25)7-4-16/h2-8,12,20,22H,1,9-11,13-15H2,(H,29,32)/t20-,22-/m1/s1. The number of benzene rings is 2. The van der Waals surface area contributed by atoms with Gasteiger partial charge in [0.1, 0.15) is 0 Å². The second kappa shape index (κ2) is 9.16. The summed E-state index contributed by atoms with van der Waals surface area (Å²) < 4.78 is 39.8. The molecule has 32 heavy (non-hydrogen) atoms. The number of hydrogen-bond acceptors (Lipinski definition) is 3. The largest absolute Gasteiger partial charge is 0.416 e. The number of halogens is 4. The Labute approximate surface area is 190 Å². The molecule has 2 aliphatic heterocycles. The van der Waals surface area contributed by atoms with Gasteiger partial charge >= 0.3 is 6.18 Å². The van der Waals surface area contributed by atoms with Crippen LogP contribution in [0.5, 0.6) is 0 Å². The first-order chi connectivity index (χ1) is 15.3. The van der Waals surface area contributed by atoms with E-state index in [0.29, 0.717) is 30.2 Å². The number of hydrogen-bond donors (Lipinski definition) is 1. The Kier molecular flexibility index (Phi) is 6.49. The number of carbonyl (C=O) groups excluding carboxylic acids is 1. The van der Waals surface area contributed by atoms with Gasteiger partial charge in [0.15, 0.2) is 0 Å². The van der Waals surface area contributed by atoms with Crippen LogP contribution in [-0.2, 0) is 23.9 Å². The monoisotopic (exact) mass is 463 g/mol. The lowest BCUT2D eigenvalue weighted by Gasteiger charge is -2.49. The van der Waals surface area contributed by atoms with Crippen molar-refractivity contribution in [3.63, 3.8) is 0 Å². The van der Waals surface area contributed by atoms with Crippen molar-refractivity contribution < 1.29 is 18.0 Å². The Bertz CT molecular complexity index is 993. The highest BCUT2D eigenvalue weighted by Crippen LogP contribution is 2.39. The van der Waals surface area contributed by atoms with Crippen molar-refractivity contribution in [2.24, 2.45) is 5.92 Å². The maximum absolute atomic E-state index is 13.3. The van der Waals surface area contributed by atoms with Crippen LogP contribution in [-0.4, -0.2) is 43.0 Å². The van der Waals surface area contributed by atoms with Gasteiger partial charge < -0.3 is 10.2 Å². The molecule has 2 aromatic carbocycles. The molecule has 4 rings (SSSR count). The van der Waals surface area contributed by atoms with Crippen molar-refractivity contribution in [2.75, 3.05) is 31.1 Å². The maximum Gasteiger partial charge on any atom is 0.416 e. The van der Waals surface area contributed by atoms with Gasteiger partial charge in [-0.05, 0) is 47.9 Å². The summed E-state index contributed by atoms with van der Waals surface area (Å²) in [6.45, 7) is 6.72. The molecule has 2 aromatic rings. The molecular formula is C24H25ClF3N3O. The zero-order valence-corrected chi connectivity index (χ0v) is 18.3. The minimum absolute atomic E-state index is 0.120. The fourth-order valence-corrected chi connectivity index (χ4v) is 4.78. The third-order valence-corrected chi connectivity index (χ3v) is 6.45. The lowest BCUT2D eigenvalue weighted by molar-refractivity contribution is -0.137. The first-order valence-corrected chi connectivity index (χ1v) is 11.0. The molecule has 0 bridgehead atoms. The molecule has 0 radical (unpaired) electrons. The van der Waals surface area contributed by atoms with E-state index in [9.17, 15) is 18.0 Å². The molecule has 4 nitrogen and oxygen atoms in total. The number of amides is 1. The predicted octanol–water partition coefficient (Wildman–Crippen LogP) is 4.52. The second-order valence-electron chi connectivity index (χ2n) is 8.31. The quantitative estimate of drug-likeness (QED) is 0.662. The van der Waals surface area contributed by atoms with Gasteiger partial charge in [0, 0.05) is 43.4 Å². The topological polar surface area (TPSA) is 35.6 Å². The zero-order chi connectivity index (χ0) is 22.9. The summed E-state index contributed by atoms with van der Waals surface area (Å²) in [5.41, 5.74) is 1.81. The Morgan fingerprint density at radius 2 is 1.94 bits per heavy atom. The van der Waals surface area contributed by atoms with Gasteiger partial charge in [0.2, 0.25) is 5.91 Å². The van der Waals surface area contributed by atoms with Crippen LogP contribution in [0.15, 0.2) is 55.1 Å². The molecule has 2 heterocycles. The van der Waals surface area contributed by atoms with Crippen molar-refractivity contribution in [1.29, 1.82) is 0 Å². The fraction of sp³-hybridized carbons (Fsp3) is 0.375. The number of anilines is 1. The Morgan fingerprint density at radius 1 is 1.19 bits per heavy atom. The molecule has 1 amide bonds. The van der Waals surface area contributed by atoms with Crippen LogP contribution in [0.2, 0.25) is 5.02 Å². The zero-order valence-electron chi connectivity index (χ0n) is 17.5. The number of rotatable bonds is 5. The summed E-state index contributed by atoms with van der Waals surface area (Å²) in [5.74, 6) is -0.602. The van der Waals surface area contributed by atoms with Gasteiger partial charge in [-0.15, -0.1) is 6.58 Å². The Balaban J connectivity index is 1.61. The van der Waals surface area contributed by atoms with E-state index < -0.39 is 17.7 Å². The molecule has 1 N–H and O–H groups in total. The first-order valence-electron chi connectivity index (χ1n) is 10.6. The van der Waals surface area contributed by atoms with Gasteiger partial charge in [0.05, 0.1) is 17.5 Å². The van der Waals surface area contributed by atoms with Crippen molar-refractivity contribution >= 4 is 23.2 Å². The van der Waals surface area contributed by atoms with Crippen LogP contribution in [0.25, 0.3) is 0 Å². The summed E-state index contributed by atoms with van der Waals surface area (Å²) in [6.07, 6.45) is -2.54. The molecule has 0 unspecified atom stereocenters. The molecule has 8 heteroatoms. The highest BCUT2D eigenvalue weighted by molar-refractivity contribution is 6.30. The maximum atomic E-state index is 13.3. The lowest BCUT2D eigenvalue weighted by atomic mass is 9.82. The van der Waals surface area contributed by atoms with E-state index in [1.165, 1.54) is 6.07 Å². The summed E-state index contributed by atoms with van der Waals surface area (Å²) >= 11 is 5.99. The second-order valence-corrected chi connectivity index (χ2v) is 8.74. The third-order valence-electron chi connectivity index (χ3n) is 6.20. The fourth-order valence-electron chi connectivity index (χ4n) is 4.65. The number of alkyl halides is 3. The molecule has 170 valence electrons. The van der Waals surface area contributed by atoms with Gasteiger partial charge in [-0.1, -0.05) is 29.8 Å². The molecule has 2 atom stereocenters. The van der Waals surface area contributed by atoms with Crippen LogP contribution in [0.4, 0.5) is 18.9 Å². The molecule has 0 saturated carbocycles. The van der Waals surface area contributed by atoms with Crippen molar-refractivity contribution in [3.05, 3.63) is 76.8 Å². The van der Waals surface area contributed by atoms with Crippen molar-refractivity contribution in [2.45, 2.75) is 25.2 Å². The number of nitrogens with one attached hydrogen (secondary N) is 1. The minimum atomic E-state index is -4.41. The summed E-state index contributed by atoms with van der Waals surface area (Å²) in [4.78, 5) is 17.4. The van der Waals surface area contributed by atoms with E-state index in [1.54, 1.807) is 12.1 Å². The summed E-state index contributed by atoms with van der Waals surface area (Å²) in [6, 6.07) is 11.4. The molecular weight excluding hydrogens is 439 g/mol. The van der Waals surface area contributed by atoms with E-state index >= 15 is 0 Å². The number of carbonyl (C=O) groups is 1. The lowest BCUT2D eigenvalue weighted by Crippen LogP contribution is -2.60. The van der Waals surface area contributed by atoms with Crippen LogP contribution in [0, 0.1) is 5.92 Å². The number of nitrogens with zero attached hydrogens (tertiary/aromatic N) is 2. The van der Waals surface area contributed by atoms with Crippen LogP contribution < -0.4 is 10.2 Å². The van der Waals surface area contributed by atoms with Crippen LogP contribution in [0.3, 0.4) is 0 Å².